The zero-order valence-electron chi connectivity index (χ0n) is 14.3. The lowest BCUT2D eigenvalue weighted by Crippen LogP contribution is -2.43. The quantitative estimate of drug-likeness (QED) is 0.806. The number of allylic oxidation sites excluding steroid dienone is 2. The van der Waals surface area contributed by atoms with Gasteiger partial charge in [0.2, 0.25) is 0 Å². The van der Waals surface area contributed by atoms with E-state index in [-0.39, 0.29) is 0 Å². The minimum Gasteiger partial charge on any atom is -0.383 e. The third-order valence-corrected chi connectivity index (χ3v) is 4.83. The summed E-state index contributed by atoms with van der Waals surface area (Å²) in [6.07, 6.45) is 8.71. The molecule has 1 aromatic rings. The van der Waals surface area contributed by atoms with Gasteiger partial charge in [-0.05, 0) is 37.8 Å². The summed E-state index contributed by atoms with van der Waals surface area (Å²) in [5.41, 5.74) is 9.80. The number of unbranched alkanes of at least 4 members (excludes halogenated alkanes) is 1. The predicted octanol–water partition coefficient (Wildman–Crippen LogP) is 2.03. The van der Waals surface area contributed by atoms with Crippen LogP contribution in [0.1, 0.15) is 49.7 Å². The summed E-state index contributed by atoms with van der Waals surface area (Å²) in [7, 11) is 0. The van der Waals surface area contributed by atoms with Gasteiger partial charge in [0.25, 0.3) is 0 Å². The molecule has 3 N–H and O–H groups in total. The highest BCUT2D eigenvalue weighted by Crippen LogP contribution is 2.32. The molecular weight excluding hydrogens is 286 g/mol. The first-order valence-electron chi connectivity index (χ1n) is 9.05. The molecule has 0 amide bonds. The summed E-state index contributed by atoms with van der Waals surface area (Å²) in [5.74, 6) is 1.60. The third kappa shape index (κ3) is 4.09. The fourth-order valence-electron chi connectivity index (χ4n) is 3.43. The zero-order valence-corrected chi connectivity index (χ0v) is 14.3. The normalized spacial score (nSPS) is 18.0. The molecule has 1 aromatic heterocycles. The van der Waals surface area contributed by atoms with Crippen LogP contribution in [0.3, 0.4) is 0 Å². The number of nitrogens with one attached hydrogen (secondary N) is 1. The smallest absolute Gasteiger partial charge is 0.131 e. The average Bonchev–Trinajstić information content (AvgIpc) is 2.98. The number of fused-ring (bicyclic) bond motifs is 1. The number of hydrogen-bond acceptors (Lipinski definition) is 5. The van der Waals surface area contributed by atoms with Gasteiger partial charge in [0, 0.05) is 38.2 Å². The molecule has 1 aliphatic carbocycles. The number of rotatable bonds is 7. The van der Waals surface area contributed by atoms with Gasteiger partial charge in [-0.1, -0.05) is 19.4 Å². The highest BCUT2D eigenvalue weighted by molar-refractivity contribution is 5.73. The van der Waals surface area contributed by atoms with Gasteiger partial charge in [-0.3, -0.25) is 0 Å². The summed E-state index contributed by atoms with van der Waals surface area (Å²) >= 11 is 0. The second-order valence-corrected chi connectivity index (χ2v) is 6.58. The van der Waals surface area contributed by atoms with E-state index < -0.39 is 0 Å². The number of nitrogen functional groups attached to an aromatic ring is 1. The van der Waals surface area contributed by atoms with E-state index in [2.05, 4.69) is 28.2 Å². The van der Waals surface area contributed by atoms with Crippen LogP contribution in [0.2, 0.25) is 0 Å². The number of hydrogen-bond donors (Lipinski definition) is 2. The SMILES string of the molecule is CCCCc1nc(N)c2c(n1)C(CCCN1CCNCC1)=CC2. The van der Waals surface area contributed by atoms with Crippen LogP contribution < -0.4 is 11.1 Å². The van der Waals surface area contributed by atoms with E-state index in [0.29, 0.717) is 5.82 Å². The number of aryl methyl sites for hydroxylation is 1. The van der Waals surface area contributed by atoms with Crippen LogP contribution in [-0.4, -0.2) is 47.6 Å². The summed E-state index contributed by atoms with van der Waals surface area (Å²) < 4.78 is 0. The molecule has 0 spiro atoms. The van der Waals surface area contributed by atoms with E-state index in [0.717, 1.165) is 62.3 Å². The molecule has 5 heteroatoms. The van der Waals surface area contributed by atoms with Gasteiger partial charge in [0.05, 0.1) is 5.69 Å². The Morgan fingerprint density at radius 1 is 1.17 bits per heavy atom. The van der Waals surface area contributed by atoms with E-state index in [1.807, 2.05) is 0 Å². The summed E-state index contributed by atoms with van der Waals surface area (Å²) in [5, 5.41) is 3.40. The zero-order chi connectivity index (χ0) is 16.1. The van der Waals surface area contributed by atoms with Gasteiger partial charge in [-0.25, -0.2) is 9.97 Å². The van der Waals surface area contributed by atoms with E-state index >= 15 is 0 Å². The average molecular weight is 315 g/mol. The fraction of sp³-hybridized carbons (Fsp3) is 0.667. The van der Waals surface area contributed by atoms with Crippen LogP contribution in [0.4, 0.5) is 5.82 Å². The minimum absolute atomic E-state index is 0.689. The van der Waals surface area contributed by atoms with Gasteiger partial charge < -0.3 is 16.0 Å². The molecule has 2 heterocycles. The van der Waals surface area contributed by atoms with Crippen LogP contribution in [0.5, 0.6) is 0 Å². The van der Waals surface area contributed by atoms with Crippen molar-refractivity contribution in [3.8, 4) is 0 Å². The van der Waals surface area contributed by atoms with Crippen molar-refractivity contribution in [1.82, 2.24) is 20.2 Å². The fourth-order valence-corrected chi connectivity index (χ4v) is 3.43. The van der Waals surface area contributed by atoms with E-state index in [9.17, 15) is 0 Å². The van der Waals surface area contributed by atoms with Gasteiger partial charge >= 0.3 is 0 Å². The molecule has 0 bridgehead atoms. The van der Waals surface area contributed by atoms with E-state index in [1.165, 1.54) is 31.6 Å². The number of nitrogens with zero attached hydrogens (tertiary/aromatic N) is 3. The summed E-state index contributed by atoms with van der Waals surface area (Å²) in [6, 6.07) is 0. The molecule has 0 atom stereocenters. The Morgan fingerprint density at radius 3 is 2.78 bits per heavy atom. The first-order valence-corrected chi connectivity index (χ1v) is 9.05. The van der Waals surface area contributed by atoms with E-state index in [1.54, 1.807) is 0 Å². The van der Waals surface area contributed by atoms with Crippen molar-refractivity contribution in [2.24, 2.45) is 0 Å². The number of nitrogens with two attached hydrogens (primary N) is 1. The van der Waals surface area contributed by atoms with Crippen LogP contribution in [0.25, 0.3) is 5.57 Å². The van der Waals surface area contributed by atoms with Crippen molar-refractivity contribution < 1.29 is 0 Å². The Hall–Kier alpha value is -1.46. The standard InChI is InChI=1S/C18H29N5/c1-2-3-6-16-21-17-14(7-8-15(17)18(19)22-16)5-4-11-23-12-9-20-10-13-23/h7,20H,2-6,8-13H2,1H3,(H2,19,21,22). The molecule has 1 aliphatic heterocycles. The van der Waals surface area contributed by atoms with Crippen molar-refractivity contribution in [1.29, 1.82) is 0 Å². The van der Waals surface area contributed by atoms with Gasteiger partial charge in [-0.15, -0.1) is 0 Å². The lowest BCUT2D eigenvalue weighted by Gasteiger charge is -2.27. The molecule has 0 aromatic carbocycles. The maximum atomic E-state index is 6.15. The van der Waals surface area contributed by atoms with Crippen LogP contribution in [0, 0.1) is 0 Å². The molecule has 0 unspecified atom stereocenters. The van der Waals surface area contributed by atoms with Crippen molar-refractivity contribution in [2.75, 3.05) is 38.5 Å². The Balaban J connectivity index is 1.59. The lowest BCUT2D eigenvalue weighted by molar-refractivity contribution is 0.239. The molecule has 3 rings (SSSR count). The highest BCUT2D eigenvalue weighted by Gasteiger charge is 2.20. The number of piperazine rings is 1. The lowest BCUT2D eigenvalue weighted by atomic mass is 10.1. The van der Waals surface area contributed by atoms with Crippen molar-refractivity contribution in [3.05, 3.63) is 23.2 Å². The summed E-state index contributed by atoms with van der Waals surface area (Å²) in [6.45, 7) is 7.96. The van der Waals surface area contributed by atoms with Crippen LogP contribution in [-0.2, 0) is 12.8 Å². The molecule has 5 nitrogen and oxygen atoms in total. The molecule has 1 fully saturated rings. The van der Waals surface area contributed by atoms with Crippen LogP contribution >= 0.6 is 0 Å². The monoisotopic (exact) mass is 315 g/mol. The van der Waals surface area contributed by atoms with Crippen molar-refractivity contribution >= 4 is 11.4 Å². The van der Waals surface area contributed by atoms with E-state index in [4.69, 9.17) is 10.7 Å². The maximum absolute atomic E-state index is 6.15. The molecule has 126 valence electrons. The van der Waals surface area contributed by atoms with Gasteiger partial charge in [-0.2, -0.15) is 0 Å². The van der Waals surface area contributed by atoms with Crippen LogP contribution in [0.15, 0.2) is 6.08 Å². The van der Waals surface area contributed by atoms with Crippen molar-refractivity contribution in [2.45, 2.75) is 45.4 Å². The number of aromatic nitrogens is 2. The third-order valence-electron chi connectivity index (χ3n) is 4.83. The second-order valence-electron chi connectivity index (χ2n) is 6.58. The summed E-state index contributed by atoms with van der Waals surface area (Å²) in [4.78, 5) is 11.9. The molecule has 2 aliphatic rings. The Bertz CT molecular complexity index is 561. The van der Waals surface area contributed by atoms with Crippen molar-refractivity contribution in [3.63, 3.8) is 0 Å². The molecule has 0 radical (unpaired) electrons. The predicted molar refractivity (Wildman–Crippen MR) is 95.3 cm³/mol. The Kier molecular flexibility index (Phi) is 5.62. The first-order chi connectivity index (χ1) is 11.3. The number of anilines is 1. The highest BCUT2D eigenvalue weighted by atomic mass is 15.2. The minimum atomic E-state index is 0.689. The first kappa shape index (κ1) is 16.4. The molecule has 1 saturated heterocycles. The maximum Gasteiger partial charge on any atom is 0.131 e. The molecule has 23 heavy (non-hydrogen) atoms. The second kappa shape index (κ2) is 7.88. The van der Waals surface area contributed by atoms with Gasteiger partial charge in [0.15, 0.2) is 0 Å². The Morgan fingerprint density at radius 2 is 2.00 bits per heavy atom. The molecular formula is C18H29N5. The topological polar surface area (TPSA) is 67.1 Å². The molecule has 0 saturated carbocycles. The largest absolute Gasteiger partial charge is 0.383 e. The van der Waals surface area contributed by atoms with Gasteiger partial charge in [0.1, 0.15) is 11.6 Å². The Labute approximate surface area is 139 Å².